The van der Waals surface area contributed by atoms with Gasteiger partial charge >= 0.3 is 6.09 Å². The van der Waals surface area contributed by atoms with E-state index in [9.17, 15) is 4.79 Å². The van der Waals surface area contributed by atoms with Crippen molar-refractivity contribution in [2.24, 2.45) is 0 Å². The Kier molecular flexibility index (Phi) is 5.37. The van der Waals surface area contributed by atoms with Crippen molar-refractivity contribution in [2.45, 2.75) is 45.1 Å². The molecule has 7 nitrogen and oxygen atoms in total. The number of fused-ring (bicyclic) bond motifs is 1. The second-order valence-corrected chi connectivity index (χ2v) is 8.64. The molecule has 1 amide bonds. The molecule has 0 aliphatic carbocycles. The topological polar surface area (TPSA) is 80.3 Å². The zero-order valence-electron chi connectivity index (χ0n) is 17.9. The van der Waals surface area contributed by atoms with Crippen molar-refractivity contribution in [3.8, 4) is 17.0 Å². The summed E-state index contributed by atoms with van der Waals surface area (Å²) >= 11 is 0. The van der Waals surface area contributed by atoms with E-state index < -0.39 is 5.60 Å². The molecule has 4 heterocycles. The van der Waals surface area contributed by atoms with Crippen molar-refractivity contribution in [2.75, 3.05) is 20.2 Å². The number of ether oxygens (including phenoxy) is 2. The Labute approximate surface area is 176 Å². The van der Waals surface area contributed by atoms with Crippen LogP contribution in [0.25, 0.3) is 22.3 Å². The van der Waals surface area contributed by atoms with Crippen molar-refractivity contribution in [1.29, 1.82) is 0 Å². The maximum atomic E-state index is 12.3. The fraction of sp³-hybridized carbons (Fsp3) is 0.435. The highest BCUT2D eigenvalue weighted by molar-refractivity contribution is 5.94. The van der Waals surface area contributed by atoms with Gasteiger partial charge < -0.3 is 19.4 Å². The third-order valence-electron chi connectivity index (χ3n) is 5.38. The first-order valence-electron chi connectivity index (χ1n) is 10.3. The number of carbonyl (C=O) groups is 1. The van der Waals surface area contributed by atoms with Crippen molar-refractivity contribution in [1.82, 2.24) is 19.9 Å². The molecule has 1 aliphatic heterocycles. The smallest absolute Gasteiger partial charge is 0.410 e. The normalized spacial score (nSPS) is 15.4. The summed E-state index contributed by atoms with van der Waals surface area (Å²) in [5, 5.41) is 1.03. The lowest BCUT2D eigenvalue weighted by Crippen LogP contribution is -2.41. The number of aromatic nitrogens is 3. The lowest BCUT2D eigenvalue weighted by molar-refractivity contribution is 0.0204. The summed E-state index contributed by atoms with van der Waals surface area (Å²) in [5.74, 6) is 1.08. The van der Waals surface area contributed by atoms with Crippen LogP contribution in [0.5, 0.6) is 5.75 Å². The molecule has 1 N–H and O–H groups in total. The Morgan fingerprint density at radius 2 is 1.93 bits per heavy atom. The van der Waals surface area contributed by atoms with E-state index in [4.69, 9.17) is 9.47 Å². The highest BCUT2D eigenvalue weighted by atomic mass is 16.6. The van der Waals surface area contributed by atoms with Gasteiger partial charge in [-0.25, -0.2) is 9.78 Å². The first-order valence-corrected chi connectivity index (χ1v) is 10.3. The molecule has 0 spiro atoms. The molecule has 3 aromatic rings. The van der Waals surface area contributed by atoms with Crippen LogP contribution >= 0.6 is 0 Å². The van der Waals surface area contributed by atoms with Crippen LogP contribution < -0.4 is 4.74 Å². The SMILES string of the molecule is COc1cccnc1-c1ccnc2[nH]c(C3CCN(C(=O)OC(C)(C)C)CC3)cc12. The van der Waals surface area contributed by atoms with Gasteiger partial charge in [-0.15, -0.1) is 0 Å². The number of nitrogens with one attached hydrogen (secondary N) is 1. The summed E-state index contributed by atoms with van der Waals surface area (Å²) < 4.78 is 11.0. The van der Waals surface area contributed by atoms with E-state index in [1.165, 1.54) is 0 Å². The van der Waals surface area contributed by atoms with Gasteiger partial charge in [0.25, 0.3) is 0 Å². The zero-order chi connectivity index (χ0) is 21.3. The van der Waals surface area contributed by atoms with Crippen LogP contribution in [0.2, 0.25) is 0 Å². The van der Waals surface area contributed by atoms with E-state index in [0.29, 0.717) is 19.0 Å². The van der Waals surface area contributed by atoms with E-state index >= 15 is 0 Å². The van der Waals surface area contributed by atoms with Crippen LogP contribution in [0, 0.1) is 0 Å². The molecular formula is C23H28N4O3. The number of rotatable bonds is 3. The molecule has 3 aromatic heterocycles. The Morgan fingerprint density at radius 1 is 1.17 bits per heavy atom. The maximum absolute atomic E-state index is 12.3. The molecule has 0 radical (unpaired) electrons. The van der Waals surface area contributed by atoms with Crippen LogP contribution in [0.3, 0.4) is 0 Å². The lowest BCUT2D eigenvalue weighted by Gasteiger charge is -2.33. The lowest BCUT2D eigenvalue weighted by atomic mass is 9.93. The number of likely N-dealkylation sites (tertiary alicyclic amines) is 1. The predicted octanol–water partition coefficient (Wildman–Crippen LogP) is 4.75. The Bertz CT molecular complexity index is 1050. The molecule has 1 aliphatic rings. The Morgan fingerprint density at radius 3 is 2.63 bits per heavy atom. The summed E-state index contributed by atoms with van der Waals surface area (Å²) in [5.41, 5.74) is 3.30. The van der Waals surface area contributed by atoms with E-state index in [1.54, 1.807) is 24.4 Å². The molecule has 158 valence electrons. The standard InChI is InChI=1S/C23H28N4O3/c1-23(2,3)30-22(28)27-12-8-15(9-13-27)18-14-17-16(7-11-25-21(17)26-18)20-19(29-4)6-5-10-24-20/h5-7,10-11,14-15H,8-9,12-13H2,1-4H3,(H,25,26). The van der Waals surface area contributed by atoms with E-state index in [-0.39, 0.29) is 6.09 Å². The zero-order valence-corrected chi connectivity index (χ0v) is 17.9. The van der Waals surface area contributed by atoms with Crippen LogP contribution in [-0.2, 0) is 4.74 Å². The number of H-pyrrole nitrogens is 1. The minimum Gasteiger partial charge on any atom is -0.494 e. The molecule has 30 heavy (non-hydrogen) atoms. The molecule has 0 aromatic carbocycles. The summed E-state index contributed by atoms with van der Waals surface area (Å²) in [7, 11) is 1.65. The van der Waals surface area contributed by atoms with Crippen LogP contribution in [0.1, 0.15) is 45.2 Å². The number of carbonyl (C=O) groups excluding carboxylic acids is 1. The molecular weight excluding hydrogens is 380 g/mol. The third-order valence-corrected chi connectivity index (χ3v) is 5.38. The first kappa shape index (κ1) is 20.2. The number of aromatic amines is 1. The van der Waals surface area contributed by atoms with Gasteiger partial charge in [0.05, 0.1) is 7.11 Å². The minimum atomic E-state index is -0.473. The molecule has 1 saturated heterocycles. The molecule has 0 unspecified atom stereocenters. The molecule has 0 saturated carbocycles. The summed E-state index contributed by atoms with van der Waals surface area (Å²) in [4.78, 5) is 26.6. The average molecular weight is 409 g/mol. The molecule has 4 rings (SSSR count). The van der Waals surface area contributed by atoms with Gasteiger partial charge in [-0.05, 0) is 57.9 Å². The molecule has 1 fully saturated rings. The van der Waals surface area contributed by atoms with E-state index in [2.05, 4.69) is 21.0 Å². The highest BCUT2D eigenvalue weighted by Crippen LogP contribution is 2.36. The van der Waals surface area contributed by atoms with Crippen LogP contribution in [-0.4, -0.2) is 51.7 Å². The monoisotopic (exact) mass is 408 g/mol. The Hall–Kier alpha value is -3.09. The number of nitrogens with zero attached hydrogens (tertiary/aromatic N) is 3. The van der Waals surface area contributed by atoms with Gasteiger partial charge in [0, 0.05) is 48.0 Å². The van der Waals surface area contributed by atoms with Crippen LogP contribution in [0.4, 0.5) is 4.79 Å². The second kappa shape index (κ2) is 7.97. The number of methoxy groups -OCH3 is 1. The fourth-order valence-corrected chi connectivity index (χ4v) is 3.93. The molecule has 0 atom stereocenters. The number of amides is 1. The van der Waals surface area contributed by atoms with Crippen molar-refractivity contribution in [3.63, 3.8) is 0 Å². The van der Waals surface area contributed by atoms with Gasteiger partial charge in [-0.1, -0.05) is 0 Å². The maximum Gasteiger partial charge on any atom is 0.410 e. The molecule has 7 heteroatoms. The van der Waals surface area contributed by atoms with E-state index in [1.807, 2.05) is 39.0 Å². The van der Waals surface area contributed by atoms with Crippen molar-refractivity contribution in [3.05, 3.63) is 42.4 Å². The van der Waals surface area contributed by atoms with Gasteiger partial charge in [0.15, 0.2) is 0 Å². The van der Waals surface area contributed by atoms with Crippen molar-refractivity contribution >= 4 is 17.1 Å². The minimum absolute atomic E-state index is 0.233. The number of hydrogen-bond acceptors (Lipinski definition) is 5. The molecule has 0 bridgehead atoms. The van der Waals surface area contributed by atoms with E-state index in [0.717, 1.165) is 46.6 Å². The highest BCUT2D eigenvalue weighted by Gasteiger charge is 2.28. The summed E-state index contributed by atoms with van der Waals surface area (Å²) in [6.45, 7) is 7.04. The average Bonchev–Trinajstić information content (AvgIpc) is 3.17. The third kappa shape index (κ3) is 4.10. The fourth-order valence-electron chi connectivity index (χ4n) is 3.93. The van der Waals surface area contributed by atoms with Gasteiger partial charge in [0.1, 0.15) is 22.7 Å². The largest absolute Gasteiger partial charge is 0.494 e. The first-order chi connectivity index (χ1) is 14.4. The number of hydrogen-bond donors (Lipinski definition) is 1. The van der Waals surface area contributed by atoms with Gasteiger partial charge in [0.2, 0.25) is 0 Å². The number of pyridine rings is 2. The van der Waals surface area contributed by atoms with Gasteiger partial charge in [-0.3, -0.25) is 4.98 Å². The quantitative estimate of drug-likeness (QED) is 0.677. The predicted molar refractivity (Wildman–Crippen MR) is 116 cm³/mol. The van der Waals surface area contributed by atoms with Crippen LogP contribution in [0.15, 0.2) is 36.7 Å². The summed E-state index contributed by atoms with van der Waals surface area (Å²) in [6, 6.07) is 7.91. The van der Waals surface area contributed by atoms with Crippen molar-refractivity contribution < 1.29 is 14.3 Å². The van der Waals surface area contributed by atoms with Gasteiger partial charge in [-0.2, -0.15) is 0 Å². The Balaban J connectivity index is 1.55. The second-order valence-electron chi connectivity index (χ2n) is 8.64. The summed E-state index contributed by atoms with van der Waals surface area (Å²) in [6.07, 6.45) is 5.09. The number of piperidine rings is 1.